The fraction of sp³-hybridized carbons (Fsp3) is 0.600. The Morgan fingerprint density at radius 1 is 1.42 bits per heavy atom. The summed E-state index contributed by atoms with van der Waals surface area (Å²) in [5.41, 5.74) is 6.84. The molecular formula is C15H23NO3. The van der Waals surface area contributed by atoms with E-state index in [1.54, 1.807) is 7.11 Å². The number of methoxy groups -OCH3 is 1. The Morgan fingerprint density at radius 3 is 2.89 bits per heavy atom. The lowest BCUT2D eigenvalue weighted by atomic mass is 9.97. The third-order valence-electron chi connectivity index (χ3n) is 3.54. The summed E-state index contributed by atoms with van der Waals surface area (Å²) >= 11 is 0. The second-order valence-electron chi connectivity index (χ2n) is 4.99. The Labute approximate surface area is 114 Å². The van der Waals surface area contributed by atoms with Gasteiger partial charge in [0.2, 0.25) is 0 Å². The van der Waals surface area contributed by atoms with Gasteiger partial charge >= 0.3 is 0 Å². The van der Waals surface area contributed by atoms with Crippen molar-refractivity contribution in [2.45, 2.75) is 31.8 Å². The quantitative estimate of drug-likeness (QED) is 0.857. The van der Waals surface area contributed by atoms with Gasteiger partial charge < -0.3 is 19.9 Å². The molecule has 1 aromatic carbocycles. The van der Waals surface area contributed by atoms with Crippen molar-refractivity contribution in [3.63, 3.8) is 0 Å². The highest BCUT2D eigenvalue weighted by Gasteiger charge is 2.19. The lowest BCUT2D eigenvalue weighted by molar-refractivity contribution is 0.138. The second-order valence-corrected chi connectivity index (χ2v) is 4.99. The fourth-order valence-electron chi connectivity index (χ4n) is 2.29. The van der Waals surface area contributed by atoms with Crippen LogP contribution in [-0.4, -0.2) is 33.0 Å². The van der Waals surface area contributed by atoms with Crippen molar-refractivity contribution < 1.29 is 14.2 Å². The molecule has 2 N–H and O–H groups in total. The van der Waals surface area contributed by atoms with E-state index in [0.29, 0.717) is 19.1 Å². The van der Waals surface area contributed by atoms with E-state index in [1.807, 2.05) is 12.1 Å². The van der Waals surface area contributed by atoms with Crippen molar-refractivity contribution in [3.8, 4) is 11.5 Å². The number of hydrogen-bond donors (Lipinski definition) is 1. The molecule has 2 atom stereocenters. The predicted octanol–water partition coefficient (Wildman–Crippen LogP) is 2.32. The first-order chi connectivity index (χ1) is 9.24. The average molecular weight is 265 g/mol. The molecule has 4 heteroatoms. The van der Waals surface area contributed by atoms with Gasteiger partial charge in [-0.3, -0.25) is 0 Å². The molecule has 0 aliphatic carbocycles. The van der Waals surface area contributed by atoms with Crippen LogP contribution in [0, 0.1) is 0 Å². The molecule has 106 valence electrons. The Hall–Kier alpha value is -1.26. The second kappa shape index (κ2) is 6.78. The van der Waals surface area contributed by atoms with E-state index >= 15 is 0 Å². The van der Waals surface area contributed by atoms with Crippen LogP contribution in [0.4, 0.5) is 0 Å². The summed E-state index contributed by atoms with van der Waals surface area (Å²) in [6, 6.07) is 6.12. The van der Waals surface area contributed by atoms with Crippen molar-refractivity contribution in [1.29, 1.82) is 0 Å². The molecule has 19 heavy (non-hydrogen) atoms. The monoisotopic (exact) mass is 265 g/mol. The standard InChI is InChI=1S/C15H23NO3/c1-11(5-7-16)12-3-4-14(15(9-12)17-2)19-13-6-8-18-10-13/h3-4,9,11,13H,5-8,10,16H2,1-2H3. The molecule has 0 radical (unpaired) electrons. The number of rotatable bonds is 6. The van der Waals surface area contributed by atoms with Crippen molar-refractivity contribution in [2.75, 3.05) is 26.9 Å². The van der Waals surface area contributed by atoms with Gasteiger partial charge in [-0.15, -0.1) is 0 Å². The van der Waals surface area contributed by atoms with E-state index in [0.717, 1.165) is 30.9 Å². The molecule has 1 aromatic rings. The molecule has 0 saturated carbocycles. The summed E-state index contributed by atoms with van der Waals surface area (Å²) in [7, 11) is 1.67. The van der Waals surface area contributed by atoms with Crippen LogP contribution in [0.25, 0.3) is 0 Å². The lowest BCUT2D eigenvalue weighted by Gasteiger charge is -2.17. The highest BCUT2D eigenvalue weighted by atomic mass is 16.6. The minimum absolute atomic E-state index is 0.140. The molecule has 0 aromatic heterocycles. The van der Waals surface area contributed by atoms with Gasteiger partial charge in [0.25, 0.3) is 0 Å². The van der Waals surface area contributed by atoms with Gasteiger partial charge in [0.05, 0.1) is 20.3 Å². The molecule has 2 unspecified atom stereocenters. The molecule has 2 rings (SSSR count). The van der Waals surface area contributed by atoms with Crippen molar-refractivity contribution in [3.05, 3.63) is 23.8 Å². The van der Waals surface area contributed by atoms with E-state index < -0.39 is 0 Å². The maximum atomic E-state index is 5.92. The predicted molar refractivity (Wildman–Crippen MR) is 74.9 cm³/mol. The molecule has 4 nitrogen and oxygen atoms in total. The smallest absolute Gasteiger partial charge is 0.161 e. The number of nitrogens with two attached hydrogens (primary N) is 1. The zero-order chi connectivity index (χ0) is 13.7. The molecule has 0 amide bonds. The Morgan fingerprint density at radius 2 is 2.26 bits per heavy atom. The van der Waals surface area contributed by atoms with Crippen LogP contribution in [0.3, 0.4) is 0 Å². The Kier molecular flexibility index (Phi) is 5.05. The summed E-state index contributed by atoms with van der Waals surface area (Å²) < 4.78 is 16.7. The van der Waals surface area contributed by atoms with E-state index in [4.69, 9.17) is 19.9 Å². The molecule has 1 fully saturated rings. The third kappa shape index (κ3) is 3.61. The number of ether oxygens (including phenoxy) is 3. The van der Waals surface area contributed by atoms with E-state index in [1.165, 1.54) is 5.56 Å². The maximum Gasteiger partial charge on any atom is 0.161 e. The van der Waals surface area contributed by atoms with Crippen molar-refractivity contribution in [1.82, 2.24) is 0 Å². The summed E-state index contributed by atoms with van der Waals surface area (Å²) in [4.78, 5) is 0. The summed E-state index contributed by atoms with van der Waals surface area (Å²) in [6.07, 6.45) is 2.05. The topological polar surface area (TPSA) is 53.7 Å². The third-order valence-corrected chi connectivity index (χ3v) is 3.54. The Balaban J connectivity index is 2.11. The Bertz CT molecular complexity index is 402. The highest BCUT2D eigenvalue weighted by molar-refractivity contribution is 5.44. The summed E-state index contributed by atoms with van der Waals surface area (Å²) in [5, 5.41) is 0. The van der Waals surface area contributed by atoms with Gasteiger partial charge in [0, 0.05) is 6.42 Å². The zero-order valence-corrected chi connectivity index (χ0v) is 11.7. The van der Waals surface area contributed by atoms with Crippen LogP contribution in [-0.2, 0) is 4.74 Å². The summed E-state index contributed by atoms with van der Waals surface area (Å²) in [5.74, 6) is 2.01. The molecule has 1 saturated heterocycles. The van der Waals surface area contributed by atoms with Crippen LogP contribution in [0.2, 0.25) is 0 Å². The van der Waals surface area contributed by atoms with Gasteiger partial charge in [-0.05, 0) is 36.6 Å². The lowest BCUT2D eigenvalue weighted by Crippen LogP contribution is -2.16. The van der Waals surface area contributed by atoms with Gasteiger partial charge in [-0.25, -0.2) is 0 Å². The van der Waals surface area contributed by atoms with Gasteiger partial charge in [-0.1, -0.05) is 13.0 Å². The van der Waals surface area contributed by atoms with Crippen molar-refractivity contribution in [2.24, 2.45) is 5.73 Å². The fourth-order valence-corrected chi connectivity index (χ4v) is 2.29. The van der Waals surface area contributed by atoms with Crippen LogP contribution in [0.5, 0.6) is 11.5 Å². The molecule has 0 spiro atoms. The number of benzene rings is 1. The van der Waals surface area contributed by atoms with Gasteiger partial charge in [0.15, 0.2) is 11.5 Å². The molecule has 1 aliphatic heterocycles. The maximum absolute atomic E-state index is 5.92. The first kappa shape index (κ1) is 14.2. The van der Waals surface area contributed by atoms with Crippen LogP contribution < -0.4 is 15.2 Å². The first-order valence-corrected chi connectivity index (χ1v) is 6.87. The average Bonchev–Trinajstić information content (AvgIpc) is 2.92. The molecule has 0 bridgehead atoms. The van der Waals surface area contributed by atoms with Crippen LogP contribution in [0.1, 0.15) is 31.2 Å². The normalized spacial score (nSPS) is 20.3. The SMILES string of the molecule is COc1cc(C(C)CCN)ccc1OC1CCOC1. The molecule has 1 aliphatic rings. The van der Waals surface area contributed by atoms with Crippen LogP contribution in [0.15, 0.2) is 18.2 Å². The first-order valence-electron chi connectivity index (χ1n) is 6.87. The van der Waals surface area contributed by atoms with Gasteiger partial charge in [0.1, 0.15) is 6.10 Å². The van der Waals surface area contributed by atoms with E-state index in [-0.39, 0.29) is 6.10 Å². The largest absolute Gasteiger partial charge is 0.493 e. The van der Waals surface area contributed by atoms with Gasteiger partial charge in [-0.2, -0.15) is 0 Å². The van der Waals surface area contributed by atoms with E-state index in [9.17, 15) is 0 Å². The van der Waals surface area contributed by atoms with E-state index in [2.05, 4.69) is 13.0 Å². The minimum atomic E-state index is 0.140. The van der Waals surface area contributed by atoms with Crippen molar-refractivity contribution >= 4 is 0 Å². The number of hydrogen-bond acceptors (Lipinski definition) is 4. The molecular weight excluding hydrogens is 242 g/mol. The van der Waals surface area contributed by atoms with Crippen LogP contribution >= 0.6 is 0 Å². The molecule has 1 heterocycles. The zero-order valence-electron chi connectivity index (χ0n) is 11.7. The summed E-state index contributed by atoms with van der Waals surface area (Å²) in [6.45, 7) is 4.31. The minimum Gasteiger partial charge on any atom is -0.493 e. The highest BCUT2D eigenvalue weighted by Crippen LogP contribution is 2.33.